The molecule has 2 aromatic carbocycles. The number of aliphatic hydroxyl groups excluding tert-OH is 3. The van der Waals surface area contributed by atoms with E-state index in [0.29, 0.717) is 5.76 Å². The van der Waals surface area contributed by atoms with Gasteiger partial charge in [-0.15, -0.1) is 0 Å². The number of hydrogen-bond acceptors (Lipinski definition) is 9. The van der Waals surface area contributed by atoms with Crippen molar-refractivity contribution in [1.82, 2.24) is 4.72 Å². The molecule has 0 saturated carbocycles. The van der Waals surface area contributed by atoms with Crippen LogP contribution in [0.25, 0.3) is 28.2 Å². The number of nitrogens with one attached hydrogen (secondary N) is 1. The third kappa shape index (κ3) is 5.91. The monoisotopic (exact) mass is 541 g/mol. The number of nitrogens with zero attached hydrogens (tertiary/aromatic N) is 2. The Morgan fingerprint density at radius 1 is 1.08 bits per heavy atom. The highest BCUT2D eigenvalue weighted by Crippen LogP contribution is 2.29. The molecule has 1 aromatic heterocycles. The highest BCUT2D eigenvalue weighted by molar-refractivity contribution is 7.93. The minimum Gasteiger partial charge on any atom is -0.457 e. The molecule has 0 amide bonds. The second kappa shape index (κ2) is 11.7. The lowest BCUT2D eigenvalue weighted by atomic mass is 10.0. The van der Waals surface area contributed by atoms with Crippen molar-refractivity contribution in [1.29, 1.82) is 5.26 Å². The molecule has 1 fully saturated rings. The standard InChI is InChI=1S/C27H31N3O7S/c1-3-30(4-2)20-8-7-17-11-19(6-5-18(17)12-20)24-10-9-21(37-24)13-22(14-28)38(34,35)29-15-25-27(33)26(32)23(31)16-36-25/h5-13,23,25-27,29,31-33H,3-4,15-16H2,1-2H3/b22-13+/t23-,25+,26+,27+/m0/s1. The molecule has 11 heteroatoms. The summed E-state index contributed by atoms with van der Waals surface area (Å²) in [6.07, 6.45) is -4.21. The fourth-order valence-electron chi connectivity index (χ4n) is 4.37. The van der Waals surface area contributed by atoms with Gasteiger partial charge in [0.1, 0.15) is 35.9 Å². The van der Waals surface area contributed by atoms with Crippen LogP contribution in [0.1, 0.15) is 19.6 Å². The lowest BCUT2D eigenvalue weighted by Gasteiger charge is -2.35. The van der Waals surface area contributed by atoms with Gasteiger partial charge in [-0.3, -0.25) is 0 Å². The molecular formula is C27H31N3O7S. The first-order valence-corrected chi connectivity index (χ1v) is 13.8. The number of fused-ring (bicyclic) bond motifs is 1. The Bertz CT molecular complexity index is 1460. The first-order valence-electron chi connectivity index (χ1n) is 12.3. The van der Waals surface area contributed by atoms with Crippen molar-refractivity contribution in [2.75, 3.05) is 31.1 Å². The van der Waals surface area contributed by atoms with Gasteiger partial charge >= 0.3 is 0 Å². The van der Waals surface area contributed by atoms with E-state index in [0.717, 1.165) is 41.2 Å². The number of rotatable bonds is 9. The summed E-state index contributed by atoms with van der Waals surface area (Å²) in [7, 11) is -4.27. The lowest BCUT2D eigenvalue weighted by molar-refractivity contribution is -0.184. The first-order chi connectivity index (χ1) is 18.2. The van der Waals surface area contributed by atoms with Crippen molar-refractivity contribution < 1.29 is 32.9 Å². The fraction of sp³-hybridized carbons (Fsp3) is 0.370. The highest BCUT2D eigenvalue weighted by Gasteiger charge is 2.38. The second-order valence-electron chi connectivity index (χ2n) is 9.01. The molecule has 0 aliphatic carbocycles. The van der Waals surface area contributed by atoms with Crippen LogP contribution >= 0.6 is 0 Å². The Morgan fingerprint density at radius 3 is 2.50 bits per heavy atom. The van der Waals surface area contributed by atoms with E-state index in [4.69, 9.17) is 9.15 Å². The highest BCUT2D eigenvalue weighted by atomic mass is 32.2. The van der Waals surface area contributed by atoms with Crippen molar-refractivity contribution in [2.24, 2.45) is 0 Å². The number of hydrogen-bond donors (Lipinski definition) is 4. The van der Waals surface area contributed by atoms with E-state index < -0.39 is 45.9 Å². The summed E-state index contributed by atoms with van der Waals surface area (Å²) in [5, 5.41) is 40.9. The van der Waals surface area contributed by atoms with Crippen molar-refractivity contribution in [3.05, 3.63) is 59.2 Å². The SMILES string of the molecule is CCN(CC)c1ccc2cc(-c3ccc(/C=C(\C#N)S(=O)(=O)NC[C@H]4OC[C@H](O)[C@@H](O)[C@@H]4O)o3)ccc2c1. The van der Waals surface area contributed by atoms with Gasteiger partial charge in [-0.25, -0.2) is 13.1 Å². The molecule has 1 aliphatic heterocycles. The van der Waals surface area contributed by atoms with Gasteiger partial charge in [-0.2, -0.15) is 5.26 Å². The molecule has 38 heavy (non-hydrogen) atoms. The number of furan rings is 1. The van der Waals surface area contributed by atoms with E-state index in [9.17, 15) is 29.0 Å². The fourth-order valence-corrected chi connectivity index (χ4v) is 5.30. The van der Waals surface area contributed by atoms with Crippen molar-refractivity contribution in [3.63, 3.8) is 0 Å². The van der Waals surface area contributed by atoms with Gasteiger partial charge in [-0.1, -0.05) is 18.2 Å². The lowest BCUT2D eigenvalue weighted by Crippen LogP contribution is -2.56. The molecule has 0 spiro atoms. The van der Waals surface area contributed by atoms with E-state index in [1.807, 2.05) is 18.2 Å². The van der Waals surface area contributed by atoms with E-state index in [1.54, 1.807) is 18.2 Å². The van der Waals surface area contributed by atoms with Gasteiger partial charge in [0.2, 0.25) is 0 Å². The summed E-state index contributed by atoms with van der Waals surface area (Å²) in [4.78, 5) is 1.68. The third-order valence-corrected chi connectivity index (χ3v) is 7.95. The number of ether oxygens (including phenoxy) is 1. The molecule has 3 aromatic rings. The Hall–Kier alpha value is -3.24. The summed E-state index contributed by atoms with van der Waals surface area (Å²) < 4.78 is 38.6. The number of benzene rings is 2. The van der Waals surface area contributed by atoms with Gasteiger partial charge in [0.15, 0.2) is 4.91 Å². The van der Waals surface area contributed by atoms with Gasteiger partial charge < -0.3 is 29.4 Å². The topological polar surface area (TPSA) is 156 Å². The van der Waals surface area contributed by atoms with Crippen LogP contribution in [-0.4, -0.2) is 74.4 Å². The molecule has 0 unspecified atom stereocenters. The molecule has 1 aliphatic rings. The maximum atomic E-state index is 12.7. The summed E-state index contributed by atoms with van der Waals surface area (Å²) in [6, 6.07) is 17.1. The van der Waals surface area contributed by atoms with E-state index in [-0.39, 0.29) is 12.4 Å². The molecule has 1 saturated heterocycles. The van der Waals surface area contributed by atoms with Crippen LogP contribution in [-0.2, 0) is 14.8 Å². The number of nitriles is 1. The zero-order chi connectivity index (χ0) is 27.4. The van der Waals surface area contributed by atoms with Crippen LogP contribution in [0.4, 0.5) is 5.69 Å². The van der Waals surface area contributed by atoms with Crippen LogP contribution in [0.5, 0.6) is 0 Å². The average molecular weight is 542 g/mol. The van der Waals surface area contributed by atoms with Crippen LogP contribution < -0.4 is 9.62 Å². The van der Waals surface area contributed by atoms with Crippen LogP contribution in [0.3, 0.4) is 0 Å². The smallest absolute Gasteiger partial charge is 0.250 e. The normalized spacial score (nSPS) is 22.4. The number of allylic oxidation sites excluding steroid dienone is 1. The number of sulfonamides is 1. The Labute approximate surface area is 221 Å². The molecular weight excluding hydrogens is 510 g/mol. The van der Waals surface area contributed by atoms with Crippen LogP contribution in [0.15, 0.2) is 57.9 Å². The van der Waals surface area contributed by atoms with E-state index >= 15 is 0 Å². The molecule has 2 heterocycles. The molecule has 4 N–H and O–H groups in total. The minimum absolute atomic E-state index is 0.173. The van der Waals surface area contributed by atoms with Gasteiger partial charge in [0.25, 0.3) is 10.0 Å². The van der Waals surface area contributed by atoms with Crippen LogP contribution in [0.2, 0.25) is 0 Å². The molecule has 0 bridgehead atoms. The third-order valence-electron chi connectivity index (χ3n) is 6.62. The number of anilines is 1. The maximum Gasteiger partial charge on any atom is 0.250 e. The largest absolute Gasteiger partial charge is 0.457 e. The predicted octanol–water partition coefficient (Wildman–Crippen LogP) is 2.21. The van der Waals surface area contributed by atoms with Crippen molar-refractivity contribution in [3.8, 4) is 17.4 Å². The minimum atomic E-state index is -4.27. The predicted molar refractivity (Wildman–Crippen MR) is 143 cm³/mol. The van der Waals surface area contributed by atoms with Crippen molar-refractivity contribution in [2.45, 2.75) is 38.3 Å². The molecule has 4 rings (SSSR count). The van der Waals surface area contributed by atoms with Crippen molar-refractivity contribution >= 4 is 32.6 Å². The first kappa shape index (κ1) is 27.8. The molecule has 202 valence electrons. The Balaban J connectivity index is 1.50. The van der Waals surface area contributed by atoms with E-state index in [2.05, 4.69) is 41.7 Å². The van der Waals surface area contributed by atoms with Gasteiger partial charge in [-0.05, 0) is 55.0 Å². The van der Waals surface area contributed by atoms with E-state index in [1.165, 1.54) is 0 Å². The zero-order valence-electron chi connectivity index (χ0n) is 21.1. The summed E-state index contributed by atoms with van der Waals surface area (Å²) in [5.74, 6) is 0.686. The molecule has 10 nitrogen and oxygen atoms in total. The number of aliphatic hydroxyl groups is 3. The maximum absolute atomic E-state index is 12.7. The Morgan fingerprint density at radius 2 is 1.79 bits per heavy atom. The summed E-state index contributed by atoms with van der Waals surface area (Å²) >= 11 is 0. The van der Waals surface area contributed by atoms with Gasteiger partial charge in [0, 0.05) is 37.0 Å². The summed E-state index contributed by atoms with van der Waals surface area (Å²) in [5.41, 5.74) is 1.95. The molecule has 0 radical (unpaired) electrons. The molecule has 4 atom stereocenters. The Kier molecular flexibility index (Phi) is 8.52. The van der Waals surface area contributed by atoms with Crippen LogP contribution in [0, 0.1) is 11.3 Å². The summed E-state index contributed by atoms with van der Waals surface area (Å²) in [6.45, 7) is 5.41. The second-order valence-corrected chi connectivity index (χ2v) is 10.7. The zero-order valence-corrected chi connectivity index (χ0v) is 21.9. The average Bonchev–Trinajstić information content (AvgIpc) is 3.39. The quantitative estimate of drug-likeness (QED) is 0.298. The van der Waals surface area contributed by atoms with Gasteiger partial charge in [0.05, 0.1) is 12.7 Å².